The first-order valence-electron chi connectivity index (χ1n) is 6.23. The Morgan fingerprint density at radius 1 is 1.33 bits per heavy atom. The SMILES string of the molecule is CN1CC(=O)N(CC(=O)Nc2cc(N)ccc2Cl)CC1=O. The molecular weight excluding hydrogens is 296 g/mol. The number of amides is 3. The van der Waals surface area contributed by atoms with Gasteiger partial charge < -0.3 is 20.9 Å². The van der Waals surface area contributed by atoms with E-state index >= 15 is 0 Å². The zero-order valence-electron chi connectivity index (χ0n) is 11.4. The van der Waals surface area contributed by atoms with Crippen molar-refractivity contribution in [1.29, 1.82) is 0 Å². The Labute approximate surface area is 126 Å². The molecule has 8 heteroatoms. The number of halogens is 1. The maximum absolute atomic E-state index is 11.9. The molecule has 0 aliphatic carbocycles. The summed E-state index contributed by atoms with van der Waals surface area (Å²) in [4.78, 5) is 37.8. The van der Waals surface area contributed by atoms with Crippen LogP contribution in [0.15, 0.2) is 18.2 Å². The van der Waals surface area contributed by atoms with Gasteiger partial charge in [-0.2, -0.15) is 0 Å². The number of rotatable bonds is 3. The summed E-state index contributed by atoms with van der Waals surface area (Å²) in [6, 6.07) is 4.70. The van der Waals surface area contributed by atoms with Gasteiger partial charge in [-0.3, -0.25) is 14.4 Å². The largest absolute Gasteiger partial charge is 0.399 e. The molecule has 21 heavy (non-hydrogen) atoms. The van der Waals surface area contributed by atoms with Crippen LogP contribution in [0.2, 0.25) is 5.02 Å². The van der Waals surface area contributed by atoms with Gasteiger partial charge in [-0.25, -0.2) is 0 Å². The Hall–Kier alpha value is -2.28. The minimum absolute atomic E-state index is 0.0227. The molecule has 3 N–H and O–H groups in total. The number of anilines is 2. The Morgan fingerprint density at radius 3 is 2.76 bits per heavy atom. The summed E-state index contributed by atoms with van der Waals surface area (Å²) >= 11 is 5.94. The molecule has 1 aromatic rings. The van der Waals surface area contributed by atoms with Crippen LogP contribution in [0.3, 0.4) is 0 Å². The van der Waals surface area contributed by atoms with Crippen LogP contribution < -0.4 is 11.1 Å². The molecule has 2 rings (SSSR count). The fraction of sp³-hybridized carbons (Fsp3) is 0.308. The summed E-state index contributed by atoms with van der Waals surface area (Å²) < 4.78 is 0. The fourth-order valence-electron chi connectivity index (χ4n) is 1.91. The minimum atomic E-state index is -0.437. The minimum Gasteiger partial charge on any atom is -0.399 e. The molecule has 1 fully saturated rings. The molecule has 0 saturated carbocycles. The van der Waals surface area contributed by atoms with E-state index in [-0.39, 0.29) is 31.4 Å². The average molecular weight is 311 g/mol. The van der Waals surface area contributed by atoms with E-state index in [9.17, 15) is 14.4 Å². The van der Waals surface area contributed by atoms with Crippen molar-refractivity contribution < 1.29 is 14.4 Å². The van der Waals surface area contributed by atoms with Gasteiger partial charge in [-0.15, -0.1) is 0 Å². The molecule has 0 radical (unpaired) electrons. The van der Waals surface area contributed by atoms with Crippen molar-refractivity contribution in [3.05, 3.63) is 23.2 Å². The van der Waals surface area contributed by atoms with E-state index in [1.54, 1.807) is 19.2 Å². The van der Waals surface area contributed by atoms with Gasteiger partial charge in [0.2, 0.25) is 17.7 Å². The van der Waals surface area contributed by atoms with E-state index in [0.29, 0.717) is 16.4 Å². The van der Waals surface area contributed by atoms with Gasteiger partial charge in [0.1, 0.15) is 13.1 Å². The summed E-state index contributed by atoms with van der Waals surface area (Å²) in [5, 5.41) is 2.92. The number of carbonyl (C=O) groups is 3. The molecule has 0 spiro atoms. The summed E-state index contributed by atoms with van der Waals surface area (Å²) in [5.74, 6) is -0.913. The Kier molecular flexibility index (Phi) is 4.32. The lowest BCUT2D eigenvalue weighted by atomic mass is 10.2. The summed E-state index contributed by atoms with van der Waals surface area (Å²) in [7, 11) is 1.55. The fourth-order valence-corrected chi connectivity index (χ4v) is 2.07. The van der Waals surface area contributed by atoms with Crippen LogP contribution in [-0.2, 0) is 14.4 Å². The van der Waals surface area contributed by atoms with Crippen molar-refractivity contribution in [2.75, 3.05) is 37.7 Å². The normalized spacial score (nSPS) is 15.3. The number of carbonyl (C=O) groups excluding carboxylic acids is 3. The highest BCUT2D eigenvalue weighted by atomic mass is 35.5. The first kappa shape index (κ1) is 15.1. The van der Waals surface area contributed by atoms with Crippen LogP contribution in [0, 0.1) is 0 Å². The number of hydrogen-bond donors (Lipinski definition) is 2. The third-order valence-corrected chi connectivity index (χ3v) is 3.41. The monoisotopic (exact) mass is 310 g/mol. The molecule has 1 saturated heterocycles. The Morgan fingerprint density at radius 2 is 2.05 bits per heavy atom. The number of piperazine rings is 1. The molecule has 1 heterocycles. The molecule has 112 valence electrons. The van der Waals surface area contributed by atoms with Crippen molar-refractivity contribution in [2.45, 2.75) is 0 Å². The molecule has 3 amide bonds. The van der Waals surface area contributed by atoms with E-state index < -0.39 is 5.91 Å². The summed E-state index contributed by atoms with van der Waals surface area (Å²) in [6.45, 7) is -0.331. The van der Waals surface area contributed by atoms with E-state index in [0.717, 1.165) is 0 Å². The van der Waals surface area contributed by atoms with Crippen LogP contribution in [0.5, 0.6) is 0 Å². The predicted octanol–water partition coefficient (Wildman–Crippen LogP) is 0.161. The highest BCUT2D eigenvalue weighted by Crippen LogP contribution is 2.24. The quantitative estimate of drug-likeness (QED) is 0.777. The van der Waals surface area contributed by atoms with Crippen molar-refractivity contribution in [3.8, 4) is 0 Å². The summed E-state index contributed by atoms with van der Waals surface area (Å²) in [6.07, 6.45) is 0. The lowest BCUT2D eigenvalue weighted by molar-refractivity contribution is -0.149. The van der Waals surface area contributed by atoms with Gasteiger partial charge in [0.15, 0.2) is 0 Å². The molecule has 7 nitrogen and oxygen atoms in total. The van der Waals surface area contributed by atoms with Crippen LogP contribution in [0.4, 0.5) is 11.4 Å². The number of nitrogens with zero attached hydrogens (tertiary/aromatic N) is 2. The third-order valence-electron chi connectivity index (χ3n) is 3.08. The zero-order valence-corrected chi connectivity index (χ0v) is 12.2. The Bertz CT molecular complexity index is 605. The van der Waals surface area contributed by atoms with Crippen LogP contribution in [0.1, 0.15) is 0 Å². The van der Waals surface area contributed by atoms with Crippen molar-refractivity contribution in [1.82, 2.24) is 9.80 Å². The molecule has 0 unspecified atom stereocenters. The van der Waals surface area contributed by atoms with Gasteiger partial charge in [0.05, 0.1) is 17.3 Å². The second-order valence-corrected chi connectivity index (χ2v) is 5.19. The molecule has 0 aromatic heterocycles. The van der Waals surface area contributed by atoms with Crippen LogP contribution in [0.25, 0.3) is 0 Å². The van der Waals surface area contributed by atoms with Gasteiger partial charge >= 0.3 is 0 Å². The standard InChI is InChI=1S/C13H15ClN4O3/c1-17-6-13(21)18(7-12(17)20)5-11(19)16-10-4-8(15)2-3-9(10)14/h2-4H,5-7,15H2,1H3,(H,16,19). The molecule has 0 atom stereocenters. The summed E-state index contributed by atoms with van der Waals surface area (Å²) in [5.41, 5.74) is 6.45. The van der Waals surface area contributed by atoms with Crippen molar-refractivity contribution >= 4 is 40.7 Å². The number of nitrogens with two attached hydrogens (primary N) is 1. The van der Waals surface area contributed by atoms with Crippen LogP contribution in [-0.4, -0.2) is 54.2 Å². The zero-order chi connectivity index (χ0) is 15.6. The molecule has 1 aromatic carbocycles. The van der Waals surface area contributed by atoms with E-state index in [1.165, 1.54) is 15.9 Å². The van der Waals surface area contributed by atoms with E-state index in [1.807, 2.05) is 0 Å². The second-order valence-electron chi connectivity index (χ2n) is 4.79. The highest BCUT2D eigenvalue weighted by Gasteiger charge is 2.28. The maximum Gasteiger partial charge on any atom is 0.244 e. The van der Waals surface area contributed by atoms with Gasteiger partial charge in [-0.05, 0) is 18.2 Å². The number of benzene rings is 1. The predicted molar refractivity (Wildman–Crippen MR) is 78.7 cm³/mol. The molecule has 0 bridgehead atoms. The topological polar surface area (TPSA) is 95.7 Å². The van der Waals surface area contributed by atoms with Crippen molar-refractivity contribution in [2.24, 2.45) is 0 Å². The van der Waals surface area contributed by atoms with Gasteiger partial charge in [0.25, 0.3) is 0 Å². The number of hydrogen-bond acceptors (Lipinski definition) is 4. The third kappa shape index (κ3) is 3.63. The Balaban J connectivity index is 2.00. The molecular formula is C13H15ClN4O3. The van der Waals surface area contributed by atoms with Crippen molar-refractivity contribution in [3.63, 3.8) is 0 Å². The van der Waals surface area contributed by atoms with Crippen LogP contribution >= 0.6 is 11.6 Å². The lowest BCUT2D eigenvalue weighted by Gasteiger charge is -2.31. The number of nitrogens with one attached hydrogen (secondary N) is 1. The smallest absolute Gasteiger partial charge is 0.244 e. The average Bonchev–Trinajstić information content (AvgIpc) is 2.40. The number of likely N-dealkylation sites (N-methyl/N-ethyl adjacent to an activating group) is 1. The number of nitrogen functional groups attached to an aromatic ring is 1. The molecule has 1 aliphatic rings. The molecule has 1 aliphatic heterocycles. The maximum atomic E-state index is 11.9. The van der Waals surface area contributed by atoms with E-state index in [4.69, 9.17) is 17.3 Å². The highest BCUT2D eigenvalue weighted by molar-refractivity contribution is 6.33. The van der Waals surface area contributed by atoms with Gasteiger partial charge in [-0.1, -0.05) is 11.6 Å². The van der Waals surface area contributed by atoms with E-state index in [2.05, 4.69) is 5.32 Å². The first-order chi connectivity index (χ1) is 9.86. The lowest BCUT2D eigenvalue weighted by Crippen LogP contribution is -2.54. The first-order valence-corrected chi connectivity index (χ1v) is 6.61. The van der Waals surface area contributed by atoms with Gasteiger partial charge in [0, 0.05) is 12.7 Å². The second kappa shape index (κ2) is 6.01.